The van der Waals surface area contributed by atoms with Crippen molar-refractivity contribution >= 4 is 6.29 Å². The van der Waals surface area contributed by atoms with Gasteiger partial charge < -0.3 is 4.79 Å². The molecule has 0 amide bonds. The molecular weight excluding hydrogens is 184 g/mol. The summed E-state index contributed by atoms with van der Waals surface area (Å²) in [6, 6.07) is 0. The molecule has 0 aromatic rings. The summed E-state index contributed by atoms with van der Waals surface area (Å²) in [4.78, 5) is 10.6. The predicted molar refractivity (Wildman–Crippen MR) is 67.0 cm³/mol. The van der Waals surface area contributed by atoms with Crippen LogP contribution in [0.4, 0.5) is 0 Å². The number of carbonyl (C=O) groups excluding carboxylic acids is 1. The van der Waals surface area contributed by atoms with Gasteiger partial charge in [-0.1, -0.05) is 59.3 Å². The van der Waals surface area contributed by atoms with Crippen LogP contribution in [0, 0.1) is 11.8 Å². The second-order valence-electron chi connectivity index (χ2n) is 4.81. The van der Waals surface area contributed by atoms with E-state index in [1.54, 1.807) is 0 Å². The van der Waals surface area contributed by atoms with E-state index in [1.807, 2.05) is 0 Å². The molecule has 1 nitrogen and oxygen atoms in total. The Kier molecular flexibility index (Phi) is 9.97. The molecule has 0 saturated carbocycles. The Morgan fingerprint density at radius 1 is 0.933 bits per heavy atom. The Morgan fingerprint density at radius 3 is 2.00 bits per heavy atom. The minimum Gasteiger partial charge on any atom is -0.303 e. The fourth-order valence-electron chi connectivity index (χ4n) is 1.83. The van der Waals surface area contributed by atoms with E-state index in [9.17, 15) is 4.79 Å². The van der Waals surface area contributed by atoms with E-state index < -0.39 is 0 Å². The third-order valence-corrected chi connectivity index (χ3v) is 3.44. The summed E-state index contributed by atoms with van der Waals surface area (Å²) in [5, 5.41) is 0. The maximum atomic E-state index is 10.6. The summed E-state index contributed by atoms with van der Waals surface area (Å²) >= 11 is 0. The number of rotatable bonds is 10. The molecule has 0 fully saturated rings. The van der Waals surface area contributed by atoms with Crippen LogP contribution in [0.5, 0.6) is 0 Å². The average molecular weight is 212 g/mol. The van der Waals surface area contributed by atoms with Gasteiger partial charge in [-0.05, 0) is 18.8 Å². The van der Waals surface area contributed by atoms with Crippen LogP contribution >= 0.6 is 0 Å². The molecule has 0 radical (unpaired) electrons. The Balaban J connectivity index is 3.20. The van der Waals surface area contributed by atoms with Gasteiger partial charge in [0.05, 0.1) is 0 Å². The number of hydrogen-bond donors (Lipinski definition) is 0. The third kappa shape index (κ3) is 8.65. The van der Waals surface area contributed by atoms with Crippen LogP contribution in [-0.4, -0.2) is 6.29 Å². The van der Waals surface area contributed by atoms with Crippen LogP contribution in [0.25, 0.3) is 0 Å². The van der Waals surface area contributed by atoms with Gasteiger partial charge in [0, 0.05) is 5.92 Å². The molecule has 0 spiro atoms. The fraction of sp³-hybridized carbons (Fsp3) is 0.929. The largest absolute Gasteiger partial charge is 0.303 e. The Bertz CT molecular complexity index is 142. The SMILES string of the molecule is CCC(C)CCCCCCC(C=O)CC. The van der Waals surface area contributed by atoms with Gasteiger partial charge in [-0.15, -0.1) is 0 Å². The summed E-state index contributed by atoms with van der Waals surface area (Å²) in [6.45, 7) is 6.70. The summed E-state index contributed by atoms with van der Waals surface area (Å²) in [7, 11) is 0. The monoisotopic (exact) mass is 212 g/mol. The molecule has 90 valence electrons. The van der Waals surface area contributed by atoms with Crippen LogP contribution in [0.2, 0.25) is 0 Å². The second kappa shape index (κ2) is 10.2. The Morgan fingerprint density at radius 2 is 1.53 bits per heavy atom. The first-order valence-electron chi connectivity index (χ1n) is 6.69. The highest BCUT2D eigenvalue weighted by atomic mass is 16.1. The van der Waals surface area contributed by atoms with Crippen molar-refractivity contribution in [2.75, 3.05) is 0 Å². The zero-order valence-electron chi connectivity index (χ0n) is 10.8. The topological polar surface area (TPSA) is 17.1 Å². The Labute approximate surface area is 95.6 Å². The van der Waals surface area contributed by atoms with Crippen molar-refractivity contribution < 1.29 is 4.79 Å². The maximum Gasteiger partial charge on any atom is 0.123 e. The van der Waals surface area contributed by atoms with Gasteiger partial charge >= 0.3 is 0 Å². The van der Waals surface area contributed by atoms with Gasteiger partial charge in [0.15, 0.2) is 0 Å². The number of carbonyl (C=O) groups is 1. The standard InChI is InChI=1S/C14H28O/c1-4-13(3)10-8-6-7-9-11-14(5-2)12-15/h12-14H,4-11H2,1-3H3. The molecule has 0 aromatic carbocycles. The molecule has 0 saturated heterocycles. The van der Waals surface area contributed by atoms with E-state index in [0.29, 0.717) is 5.92 Å². The van der Waals surface area contributed by atoms with Crippen LogP contribution in [0.1, 0.15) is 72.1 Å². The minimum absolute atomic E-state index is 0.319. The minimum atomic E-state index is 0.319. The predicted octanol–water partition coefficient (Wildman–Crippen LogP) is 4.60. The molecule has 0 heterocycles. The average Bonchev–Trinajstić information content (AvgIpc) is 2.28. The molecule has 0 aliphatic carbocycles. The van der Waals surface area contributed by atoms with Crippen LogP contribution in [0.3, 0.4) is 0 Å². The highest BCUT2D eigenvalue weighted by Crippen LogP contribution is 2.15. The van der Waals surface area contributed by atoms with Crippen molar-refractivity contribution in [2.24, 2.45) is 11.8 Å². The summed E-state index contributed by atoms with van der Waals surface area (Å²) in [6.07, 6.45) is 11.2. The van der Waals surface area contributed by atoms with Crippen molar-refractivity contribution in [1.29, 1.82) is 0 Å². The highest BCUT2D eigenvalue weighted by molar-refractivity contribution is 5.53. The lowest BCUT2D eigenvalue weighted by molar-refractivity contribution is -0.111. The van der Waals surface area contributed by atoms with Gasteiger partial charge in [-0.2, -0.15) is 0 Å². The summed E-state index contributed by atoms with van der Waals surface area (Å²) < 4.78 is 0. The van der Waals surface area contributed by atoms with E-state index in [0.717, 1.165) is 25.0 Å². The first-order chi connectivity index (χ1) is 7.24. The van der Waals surface area contributed by atoms with Crippen LogP contribution < -0.4 is 0 Å². The third-order valence-electron chi connectivity index (χ3n) is 3.44. The van der Waals surface area contributed by atoms with Gasteiger partial charge in [-0.25, -0.2) is 0 Å². The lowest BCUT2D eigenvalue weighted by atomic mass is 9.97. The first kappa shape index (κ1) is 14.7. The van der Waals surface area contributed by atoms with Crippen molar-refractivity contribution in [3.8, 4) is 0 Å². The molecule has 2 atom stereocenters. The van der Waals surface area contributed by atoms with E-state index in [2.05, 4.69) is 20.8 Å². The van der Waals surface area contributed by atoms with Gasteiger partial charge in [0.25, 0.3) is 0 Å². The molecule has 0 rings (SSSR count). The number of hydrogen-bond acceptors (Lipinski definition) is 1. The number of unbranched alkanes of at least 4 members (excludes halogenated alkanes) is 3. The smallest absolute Gasteiger partial charge is 0.123 e. The highest BCUT2D eigenvalue weighted by Gasteiger charge is 2.03. The van der Waals surface area contributed by atoms with Gasteiger partial charge in [0.1, 0.15) is 6.29 Å². The summed E-state index contributed by atoms with van der Waals surface area (Å²) in [5.41, 5.74) is 0. The van der Waals surface area contributed by atoms with E-state index in [4.69, 9.17) is 0 Å². The van der Waals surface area contributed by atoms with Crippen LogP contribution in [-0.2, 0) is 4.79 Å². The Hall–Kier alpha value is -0.330. The fourth-order valence-corrected chi connectivity index (χ4v) is 1.83. The lowest BCUT2D eigenvalue weighted by Crippen LogP contribution is -1.99. The lowest BCUT2D eigenvalue weighted by Gasteiger charge is -2.08. The molecule has 0 aliphatic rings. The molecule has 0 aromatic heterocycles. The molecule has 1 heteroatoms. The molecular formula is C14H28O. The van der Waals surface area contributed by atoms with Crippen molar-refractivity contribution in [1.82, 2.24) is 0 Å². The number of aldehydes is 1. The summed E-state index contributed by atoms with van der Waals surface area (Å²) in [5.74, 6) is 1.21. The quantitative estimate of drug-likeness (QED) is 0.382. The zero-order chi connectivity index (χ0) is 11.5. The molecule has 0 N–H and O–H groups in total. The van der Waals surface area contributed by atoms with E-state index >= 15 is 0 Å². The van der Waals surface area contributed by atoms with E-state index in [-0.39, 0.29) is 0 Å². The molecule has 0 bridgehead atoms. The maximum absolute atomic E-state index is 10.6. The molecule has 15 heavy (non-hydrogen) atoms. The van der Waals surface area contributed by atoms with Crippen molar-refractivity contribution in [3.05, 3.63) is 0 Å². The van der Waals surface area contributed by atoms with Gasteiger partial charge in [-0.3, -0.25) is 0 Å². The van der Waals surface area contributed by atoms with Crippen LogP contribution in [0.15, 0.2) is 0 Å². The van der Waals surface area contributed by atoms with Gasteiger partial charge in [0.2, 0.25) is 0 Å². The zero-order valence-corrected chi connectivity index (χ0v) is 10.8. The van der Waals surface area contributed by atoms with Crippen molar-refractivity contribution in [2.45, 2.75) is 72.1 Å². The molecule has 2 unspecified atom stereocenters. The first-order valence-corrected chi connectivity index (χ1v) is 6.69. The van der Waals surface area contributed by atoms with E-state index in [1.165, 1.54) is 38.5 Å². The second-order valence-corrected chi connectivity index (χ2v) is 4.81. The molecule has 0 aliphatic heterocycles. The van der Waals surface area contributed by atoms with Crippen molar-refractivity contribution in [3.63, 3.8) is 0 Å². The normalized spacial score (nSPS) is 14.9.